The molecule has 1 atom stereocenters. The standard InChI is InChI=1S/C23H26N4O4S/c1-16-22(27(29)30)17(2)26(24-16)13-18-7-9-19(10-8-18)23(28)25(14-20-5-3-11-31-20)15-21-6-4-12-32-21/h4,6-10,12,20H,3,5,11,13-15H2,1-2H3. The number of nitro groups is 1. The summed E-state index contributed by atoms with van der Waals surface area (Å²) in [7, 11) is 0. The number of thiophene rings is 1. The Morgan fingerprint density at radius 3 is 2.69 bits per heavy atom. The molecule has 1 amide bonds. The number of benzene rings is 1. The average molecular weight is 455 g/mol. The van der Waals surface area contributed by atoms with E-state index < -0.39 is 4.92 Å². The van der Waals surface area contributed by atoms with Crippen LogP contribution in [0.3, 0.4) is 0 Å². The molecule has 0 aliphatic carbocycles. The highest BCUT2D eigenvalue weighted by molar-refractivity contribution is 7.09. The van der Waals surface area contributed by atoms with Gasteiger partial charge in [-0.15, -0.1) is 11.3 Å². The van der Waals surface area contributed by atoms with Crippen molar-refractivity contribution in [1.29, 1.82) is 0 Å². The minimum atomic E-state index is -0.397. The second kappa shape index (κ2) is 9.62. The fourth-order valence-electron chi connectivity index (χ4n) is 4.06. The zero-order valence-electron chi connectivity index (χ0n) is 18.2. The van der Waals surface area contributed by atoms with Gasteiger partial charge in [-0.25, -0.2) is 0 Å². The minimum absolute atomic E-state index is 0.0257. The maximum absolute atomic E-state index is 13.3. The van der Waals surface area contributed by atoms with Gasteiger partial charge in [0, 0.05) is 23.6 Å². The van der Waals surface area contributed by atoms with Gasteiger partial charge in [0.15, 0.2) is 0 Å². The van der Waals surface area contributed by atoms with Crippen molar-refractivity contribution in [1.82, 2.24) is 14.7 Å². The number of aromatic nitrogens is 2. The van der Waals surface area contributed by atoms with Gasteiger partial charge in [-0.05, 0) is 55.8 Å². The smallest absolute Gasteiger partial charge is 0.312 e. The first-order valence-corrected chi connectivity index (χ1v) is 11.5. The molecule has 0 spiro atoms. The molecule has 4 rings (SSSR count). The van der Waals surface area contributed by atoms with Crippen LogP contribution in [0.15, 0.2) is 41.8 Å². The predicted molar refractivity (Wildman–Crippen MR) is 122 cm³/mol. The summed E-state index contributed by atoms with van der Waals surface area (Å²) in [5, 5.41) is 17.5. The van der Waals surface area contributed by atoms with E-state index in [1.165, 1.54) is 0 Å². The number of carbonyl (C=O) groups excluding carboxylic acids is 1. The molecule has 3 heterocycles. The summed E-state index contributed by atoms with van der Waals surface area (Å²) in [6.45, 7) is 5.64. The molecule has 1 aliphatic heterocycles. The number of amides is 1. The zero-order valence-corrected chi connectivity index (χ0v) is 19.0. The van der Waals surface area contributed by atoms with Gasteiger partial charge in [-0.3, -0.25) is 19.6 Å². The van der Waals surface area contributed by atoms with Crippen LogP contribution >= 0.6 is 11.3 Å². The Bertz CT molecular complexity index is 1090. The molecule has 32 heavy (non-hydrogen) atoms. The molecule has 3 aromatic rings. The topological polar surface area (TPSA) is 90.5 Å². The summed E-state index contributed by atoms with van der Waals surface area (Å²) in [5.41, 5.74) is 2.51. The maximum atomic E-state index is 13.3. The molecule has 1 saturated heterocycles. The van der Waals surface area contributed by atoms with E-state index in [9.17, 15) is 14.9 Å². The lowest BCUT2D eigenvalue weighted by molar-refractivity contribution is -0.386. The van der Waals surface area contributed by atoms with E-state index in [0.29, 0.717) is 36.6 Å². The molecule has 1 fully saturated rings. The number of ether oxygens (including phenoxy) is 1. The molecule has 0 N–H and O–H groups in total. The van der Waals surface area contributed by atoms with Crippen LogP contribution in [0.1, 0.15) is 45.0 Å². The van der Waals surface area contributed by atoms with E-state index in [2.05, 4.69) is 5.10 Å². The number of rotatable bonds is 8. The third-order valence-corrected chi connectivity index (χ3v) is 6.58. The van der Waals surface area contributed by atoms with Crippen molar-refractivity contribution in [3.8, 4) is 0 Å². The van der Waals surface area contributed by atoms with Gasteiger partial charge < -0.3 is 9.64 Å². The summed E-state index contributed by atoms with van der Waals surface area (Å²) >= 11 is 1.64. The van der Waals surface area contributed by atoms with Crippen molar-refractivity contribution in [2.45, 2.75) is 45.9 Å². The van der Waals surface area contributed by atoms with E-state index in [1.807, 2.05) is 46.7 Å². The second-order valence-electron chi connectivity index (χ2n) is 8.03. The van der Waals surface area contributed by atoms with Crippen molar-refractivity contribution < 1.29 is 14.5 Å². The molecule has 0 bridgehead atoms. The first kappa shape index (κ1) is 22.2. The van der Waals surface area contributed by atoms with E-state index >= 15 is 0 Å². The Morgan fingerprint density at radius 2 is 2.09 bits per heavy atom. The van der Waals surface area contributed by atoms with Crippen LogP contribution in [-0.4, -0.2) is 44.8 Å². The van der Waals surface area contributed by atoms with Gasteiger partial charge in [0.1, 0.15) is 11.4 Å². The number of aryl methyl sites for hydroxylation is 1. The summed E-state index contributed by atoms with van der Waals surface area (Å²) in [6, 6.07) is 11.4. The molecule has 8 nitrogen and oxygen atoms in total. The number of hydrogen-bond donors (Lipinski definition) is 0. The Balaban J connectivity index is 1.49. The summed E-state index contributed by atoms with van der Waals surface area (Å²) in [6.07, 6.45) is 2.09. The highest BCUT2D eigenvalue weighted by atomic mass is 32.1. The molecule has 1 unspecified atom stereocenters. The van der Waals surface area contributed by atoms with Crippen LogP contribution in [0.4, 0.5) is 5.69 Å². The van der Waals surface area contributed by atoms with Gasteiger partial charge in [-0.2, -0.15) is 5.10 Å². The third-order valence-electron chi connectivity index (χ3n) is 5.72. The van der Waals surface area contributed by atoms with Gasteiger partial charge in [0.2, 0.25) is 0 Å². The van der Waals surface area contributed by atoms with Crippen molar-refractivity contribution in [2.24, 2.45) is 0 Å². The monoisotopic (exact) mass is 454 g/mol. The fraction of sp³-hybridized carbons (Fsp3) is 0.391. The van der Waals surface area contributed by atoms with Crippen molar-refractivity contribution in [3.63, 3.8) is 0 Å². The number of carbonyl (C=O) groups is 1. The lowest BCUT2D eigenvalue weighted by Crippen LogP contribution is -2.36. The van der Waals surface area contributed by atoms with Crippen molar-refractivity contribution in [3.05, 3.63) is 79.3 Å². The average Bonchev–Trinajstić information content (AvgIpc) is 3.51. The predicted octanol–water partition coefficient (Wildman–Crippen LogP) is 4.34. The van der Waals surface area contributed by atoms with Gasteiger partial charge in [0.05, 0.1) is 24.1 Å². The van der Waals surface area contributed by atoms with Crippen LogP contribution < -0.4 is 0 Å². The summed E-state index contributed by atoms with van der Waals surface area (Å²) < 4.78 is 7.40. The molecular formula is C23H26N4O4S. The van der Waals surface area contributed by atoms with Crippen LogP contribution in [0, 0.1) is 24.0 Å². The molecular weight excluding hydrogens is 428 g/mol. The van der Waals surface area contributed by atoms with Crippen LogP contribution in [0.2, 0.25) is 0 Å². The Labute approximate surface area is 190 Å². The molecule has 9 heteroatoms. The molecule has 1 aliphatic rings. The van der Waals surface area contributed by atoms with Gasteiger partial charge >= 0.3 is 5.69 Å². The van der Waals surface area contributed by atoms with Crippen LogP contribution in [-0.2, 0) is 17.8 Å². The summed E-state index contributed by atoms with van der Waals surface area (Å²) in [4.78, 5) is 27.1. The first-order valence-electron chi connectivity index (χ1n) is 10.6. The third kappa shape index (κ3) is 4.89. The van der Waals surface area contributed by atoms with E-state index in [1.54, 1.807) is 29.9 Å². The van der Waals surface area contributed by atoms with Crippen molar-refractivity contribution in [2.75, 3.05) is 13.2 Å². The zero-order chi connectivity index (χ0) is 22.7. The Kier molecular flexibility index (Phi) is 6.66. The van der Waals surface area contributed by atoms with Gasteiger partial charge in [0.25, 0.3) is 5.91 Å². The number of nitrogens with zero attached hydrogens (tertiary/aromatic N) is 4. The van der Waals surface area contributed by atoms with Gasteiger partial charge in [-0.1, -0.05) is 18.2 Å². The number of hydrogen-bond acceptors (Lipinski definition) is 6. The van der Waals surface area contributed by atoms with E-state index in [-0.39, 0.29) is 17.7 Å². The quantitative estimate of drug-likeness (QED) is 0.373. The fourth-order valence-corrected chi connectivity index (χ4v) is 4.78. The van der Waals surface area contributed by atoms with E-state index in [0.717, 1.165) is 29.9 Å². The van der Waals surface area contributed by atoms with E-state index in [4.69, 9.17) is 4.74 Å². The van der Waals surface area contributed by atoms with Crippen LogP contribution in [0.25, 0.3) is 0 Å². The molecule has 0 radical (unpaired) electrons. The highest BCUT2D eigenvalue weighted by Crippen LogP contribution is 2.23. The lowest BCUT2D eigenvalue weighted by atomic mass is 10.1. The highest BCUT2D eigenvalue weighted by Gasteiger charge is 2.24. The lowest BCUT2D eigenvalue weighted by Gasteiger charge is -2.25. The molecule has 168 valence electrons. The SMILES string of the molecule is Cc1nn(Cc2ccc(C(=O)N(Cc3cccs3)CC3CCCO3)cc2)c(C)c1[N+](=O)[O-]. The van der Waals surface area contributed by atoms with Crippen molar-refractivity contribution >= 4 is 22.9 Å². The molecule has 0 saturated carbocycles. The Morgan fingerprint density at radius 1 is 1.31 bits per heavy atom. The first-order chi connectivity index (χ1) is 15.4. The largest absolute Gasteiger partial charge is 0.376 e. The van der Waals surface area contributed by atoms with Crippen LogP contribution in [0.5, 0.6) is 0 Å². The normalized spacial score (nSPS) is 15.8. The minimum Gasteiger partial charge on any atom is -0.376 e. The molecule has 2 aromatic heterocycles. The maximum Gasteiger partial charge on any atom is 0.312 e. The Hall–Kier alpha value is -3.04. The molecule has 1 aromatic carbocycles. The summed E-state index contributed by atoms with van der Waals surface area (Å²) in [5.74, 6) is -0.0257. The second-order valence-corrected chi connectivity index (χ2v) is 9.06.